The van der Waals surface area contributed by atoms with Crippen LogP contribution in [0.25, 0.3) is 44.5 Å². The molecule has 7 aromatic carbocycles. The number of benzene rings is 7. The molecule has 0 spiro atoms. The van der Waals surface area contributed by atoms with Gasteiger partial charge in [0, 0.05) is 39.0 Å². The number of fused-ring (bicyclic) bond motifs is 12. The van der Waals surface area contributed by atoms with E-state index in [0.29, 0.717) is 5.92 Å². The molecule has 258 valence electrons. The fourth-order valence-corrected chi connectivity index (χ4v) is 9.74. The lowest BCUT2D eigenvalue weighted by molar-refractivity contribution is 0.660. The summed E-state index contributed by atoms with van der Waals surface area (Å²) in [5.74, 6) is 0.506. The molecule has 7 aromatic rings. The average Bonchev–Trinajstić information content (AvgIpc) is 3.29. The maximum atomic E-state index is 2.51. The Labute approximate surface area is 318 Å². The highest BCUT2D eigenvalue weighted by Crippen LogP contribution is 2.56. The maximum absolute atomic E-state index is 2.51. The van der Waals surface area contributed by atoms with Crippen LogP contribution in [0.4, 0.5) is 34.1 Å². The molecule has 1 atom stereocenters. The van der Waals surface area contributed by atoms with Crippen LogP contribution in [0.2, 0.25) is 0 Å². The Morgan fingerprint density at radius 3 is 1.37 bits per heavy atom. The standard InChI is InChI=1S/C52H40N2/c1-33-24-27-38-43-18-8-12-22-50(43)54(51-23-13-9-19-44(51)45(38)30-33)35-26-29-40-39-28-25-34(31-46(39)52(2,3)47(40)32-35)53-48-20-10-6-16-41(48)36-14-4-5-15-37(36)42-17-7-11-21-49(42)53/h4-29,31-33H,30H2,1-3H3. The van der Waals surface area contributed by atoms with Gasteiger partial charge < -0.3 is 9.80 Å². The summed E-state index contributed by atoms with van der Waals surface area (Å²) >= 11 is 0. The quantitative estimate of drug-likeness (QED) is 0.178. The molecular formula is C52H40N2. The van der Waals surface area contributed by atoms with E-state index in [1.54, 1.807) is 0 Å². The summed E-state index contributed by atoms with van der Waals surface area (Å²) in [6, 6.07) is 58.9. The van der Waals surface area contributed by atoms with Crippen LogP contribution in [-0.4, -0.2) is 0 Å². The zero-order chi connectivity index (χ0) is 36.1. The second kappa shape index (κ2) is 11.6. The summed E-state index contributed by atoms with van der Waals surface area (Å²) in [7, 11) is 0. The minimum Gasteiger partial charge on any atom is -0.309 e. The van der Waals surface area contributed by atoms with Gasteiger partial charge in [0.05, 0.1) is 22.7 Å². The fourth-order valence-electron chi connectivity index (χ4n) is 9.74. The van der Waals surface area contributed by atoms with Crippen LogP contribution < -0.4 is 9.80 Å². The van der Waals surface area contributed by atoms with Crippen molar-refractivity contribution in [3.8, 4) is 33.4 Å². The zero-order valence-corrected chi connectivity index (χ0v) is 30.8. The van der Waals surface area contributed by atoms with E-state index >= 15 is 0 Å². The summed E-state index contributed by atoms with van der Waals surface area (Å²) in [6.07, 6.45) is 5.78. The summed E-state index contributed by atoms with van der Waals surface area (Å²) < 4.78 is 0. The van der Waals surface area contributed by atoms with Gasteiger partial charge >= 0.3 is 0 Å². The zero-order valence-electron chi connectivity index (χ0n) is 30.8. The van der Waals surface area contributed by atoms with Crippen LogP contribution >= 0.6 is 0 Å². The first-order chi connectivity index (χ1) is 26.5. The molecule has 11 rings (SSSR count). The molecule has 2 nitrogen and oxygen atoms in total. The molecule has 2 heteroatoms. The molecule has 0 amide bonds. The molecule has 4 aliphatic rings. The van der Waals surface area contributed by atoms with Crippen molar-refractivity contribution in [2.75, 3.05) is 9.80 Å². The van der Waals surface area contributed by atoms with E-state index in [1.165, 1.54) is 101 Å². The minimum atomic E-state index is -0.217. The summed E-state index contributed by atoms with van der Waals surface area (Å²) in [6.45, 7) is 7.14. The van der Waals surface area contributed by atoms with Crippen LogP contribution in [0, 0.1) is 5.92 Å². The van der Waals surface area contributed by atoms with E-state index < -0.39 is 0 Å². The molecule has 0 aromatic heterocycles. The SMILES string of the molecule is CC1C=CC2=C(C1)c1ccccc1N(c1ccc3c(c1)C(C)(C)c1cc(N4c5ccccc5-c5ccccc5-c5ccccc54)ccc1-3)c1ccccc12. The highest BCUT2D eigenvalue weighted by Gasteiger charge is 2.38. The van der Waals surface area contributed by atoms with Gasteiger partial charge in [0.2, 0.25) is 0 Å². The number of nitrogens with zero attached hydrogens (tertiary/aromatic N) is 2. The van der Waals surface area contributed by atoms with Gasteiger partial charge in [-0.1, -0.05) is 142 Å². The molecule has 54 heavy (non-hydrogen) atoms. The highest BCUT2D eigenvalue weighted by atomic mass is 15.2. The van der Waals surface area contributed by atoms with Crippen LogP contribution in [-0.2, 0) is 5.41 Å². The van der Waals surface area contributed by atoms with Crippen molar-refractivity contribution in [3.63, 3.8) is 0 Å². The predicted molar refractivity (Wildman–Crippen MR) is 228 cm³/mol. The third-order valence-electron chi connectivity index (χ3n) is 12.3. The first kappa shape index (κ1) is 31.2. The number of hydrogen-bond acceptors (Lipinski definition) is 2. The molecule has 2 aliphatic carbocycles. The van der Waals surface area contributed by atoms with Gasteiger partial charge in [-0.25, -0.2) is 0 Å². The molecule has 2 aliphatic heterocycles. The molecular weight excluding hydrogens is 653 g/mol. The van der Waals surface area contributed by atoms with E-state index in [-0.39, 0.29) is 5.41 Å². The molecule has 0 radical (unpaired) electrons. The topological polar surface area (TPSA) is 6.48 Å². The van der Waals surface area contributed by atoms with Crippen molar-refractivity contribution in [1.29, 1.82) is 0 Å². The average molecular weight is 693 g/mol. The van der Waals surface area contributed by atoms with Crippen molar-refractivity contribution in [2.24, 2.45) is 5.92 Å². The van der Waals surface area contributed by atoms with Gasteiger partial charge in [-0.05, 0) is 105 Å². The molecule has 0 saturated heterocycles. The monoisotopic (exact) mass is 692 g/mol. The molecule has 0 N–H and O–H groups in total. The Morgan fingerprint density at radius 2 is 0.852 bits per heavy atom. The number of anilines is 6. The Hall–Kier alpha value is -6.38. The molecule has 0 fully saturated rings. The van der Waals surface area contributed by atoms with Gasteiger partial charge in [-0.3, -0.25) is 0 Å². The van der Waals surface area contributed by atoms with E-state index in [1.807, 2.05) is 0 Å². The van der Waals surface area contributed by atoms with Gasteiger partial charge in [-0.15, -0.1) is 0 Å². The summed E-state index contributed by atoms with van der Waals surface area (Å²) in [5.41, 5.74) is 22.8. The molecule has 0 bridgehead atoms. The van der Waals surface area contributed by atoms with Gasteiger partial charge in [-0.2, -0.15) is 0 Å². The lowest BCUT2D eigenvalue weighted by Gasteiger charge is -2.30. The highest BCUT2D eigenvalue weighted by molar-refractivity contribution is 6.07. The van der Waals surface area contributed by atoms with Gasteiger partial charge in [0.1, 0.15) is 0 Å². The van der Waals surface area contributed by atoms with E-state index in [9.17, 15) is 0 Å². The third kappa shape index (κ3) is 4.40. The first-order valence-electron chi connectivity index (χ1n) is 19.2. The predicted octanol–water partition coefficient (Wildman–Crippen LogP) is 14.4. The largest absolute Gasteiger partial charge is 0.309 e. The number of para-hydroxylation sites is 4. The van der Waals surface area contributed by atoms with E-state index in [0.717, 1.165) is 6.42 Å². The molecule has 1 unspecified atom stereocenters. The fraction of sp³-hybridized carbons (Fsp3) is 0.115. The van der Waals surface area contributed by atoms with Crippen LogP contribution in [0.3, 0.4) is 0 Å². The Balaban J connectivity index is 1.06. The van der Waals surface area contributed by atoms with Crippen molar-refractivity contribution >= 4 is 45.3 Å². The van der Waals surface area contributed by atoms with Crippen molar-refractivity contribution in [3.05, 3.63) is 192 Å². The maximum Gasteiger partial charge on any atom is 0.0540 e. The Bertz CT molecular complexity index is 2690. The first-order valence-corrected chi connectivity index (χ1v) is 19.2. The second-order valence-corrected chi connectivity index (χ2v) is 15.8. The lowest BCUT2D eigenvalue weighted by Crippen LogP contribution is -2.18. The minimum absolute atomic E-state index is 0.217. The number of rotatable bonds is 2. The second-order valence-electron chi connectivity index (χ2n) is 15.8. The third-order valence-corrected chi connectivity index (χ3v) is 12.3. The summed E-state index contributed by atoms with van der Waals surface area (Å²) in [4.78, 5) is 4.99. The molecule has 0 saturated carbocycles. The normalized spacial score (nSPS) is 16.8. The van der Waals surface area contributed by atoms with Crippen LogP contribution in [0.5, 0.6) is 0 Å². The van der Waals surface area contributed by atoms with E-state index in [4.69, 9.17) is 0 Å². The Kier molecular flexibility index (Phi) is 6.67. The lowest BCUT2D eigenvalue weighted by atomic mass is 9.82. The number of allylic oxidation sites excluding steroid dienone is 4. The van der Waals surface area contributed by atoms with E-state index in [2.05, 4.69) is 200 Å². The smallest absolute Gasteiger partial charge is 0.0540 e. The summed E-state index contributed by atoms with van der Waals surface area (Å²) in [5, 5.41) is 0. The van der Waals surface area contributed by atoms with Crippen LogP contribution in [0.15, 0.2) is 170 Å². The Morgan fingerprint density at radius 1 is 0.444 bits per heavy atom. The van der Waals surface area contributed by atoms with Crippen molar-refractivity contribution in [1.82, 2.24) is 0 Å². The van der Waals surface area contributed by atoms with Gasteiger partial charge in [0.15, 0.2) is 0 Å². The number of hydrogen-bond donors (Lipinski definition) is 0. The molecule has 2 heterocycles. The van der Waals surface area contributed by atoms with Crippen LogP contribution in [0.1, 0.15) is 49.4 Å². The van der Waals surface area contributed by atoms with Gasteiger partial charge in [0.25, 0.3) is 0 Å². The van der Waals surface area contributed by atoms with Crippen molar-refractivity contribution < 1.29 is 0 Å². The van der Waals surface area contributed by atoms with Crippen molar-refractivity contribution in [2.45, 2.75) is 32.6 Å².